The van der Waals surface area contributed by atoms with Crippen molar-refractivity contribution in [3.05, 3.63) is 61.6 Å². The summed E-state index contributed by atoms with van der Waals surface area (Å²) < 4.78 is 42.8. The summed E-state index contributed by atoms with van der Waals surface area (Å²) in [5.41, 5.74) is 1.73. The average Bonchev–Trinajstić information content (AvgIpc) is 3.39. The Kier molecular flexibility index (Phi) is 6.43. The van der Waals surface area contributed by atoms with E-state index in [0.717, 1.165) is 34.4 Å². The monoisotopic (exact) mass is 553 g/mol. The maximum absolute atomic E-state index is 14.0. The number of nitriles is 1. The lowest BCUT2D eigenvalue weighted by Gasteiger charge is -2.33. The minimum Gasteiger partial charge on any atom is -0.363 e. The van der Waals surface area contributed by atoms with Gasteiger partial charge in [0.2, 0.25) is 0 Å². The van der Waals surface area contributed by atoms with Gasteiger partial charge in [-0.1, -0.05) is 36.2 Å². The van der Waals surface area contributed by atoms with Gasteiger partial charge < -0.3 is 10.6 Å². The predicted octanol–water partition coefficient (Wildman–Crippen LogP) is 7.16. The standard InChI is InChI=1S/C24H20Cl2F3N5OS/c1-11-2-4-13-14(10-30)23(36-19(13)6-11)32-22(35)18-9-21-31-17(12-3-5-15(25)16(26)7-12)8-20(24(27,28)29)34(21)33-18/h3,5,7,9,11,17,20,31H,2,4,6,8H2,1H3,(H,32,35)/t11-,17-,20+/m1/s1. The van der Waals surface area contributed by atoms with E-state index in [-0.39, 0.29) is 23.0 Å². The first-order valence-electron chi connectivity index (χ1n) is 11.3. The van der Waals surface area contributed by atoms with Crippen molar-refractivity contribution in [1.29, 1.82) is 5.26 Å². The van der Waals surface area contributed by atoms with E-state index in [1.165, 1.54) is 29.5 Å². The van der Waals surface area contributed by atoms with Crippen LogP contribution in [0, 0.1) is 17.2 Å². The Morgan fingerprint density at radius 2 is 2.08 bits per heavy atom. The first kappa shape index (κ1) is 24.9. The molecule has 5 rings (SSSR count). The third-order valence-corrected chi connectivity index (χ3v) is 8.53. The van der Waals surface area contributed by atoms with Gasteiger partial charge in [0, 0.05) is 17.4 Å². The van der Waals surface area contributed by atoms with Gasteiger partial charge in [-0.2, -0.15) is 23.5 Å². The van der Waals surface area contributed by atoms with Crippen LogP contribution in [0.15, 0.2) is 24.3 Å². The summed E-state index contributed by atoms with van der Waals surface area (Å²) in [6.45, 7) is 2.14. The SMILES string of the molecule is C[C@@H]1CCc2c(sc(NC(=O)c3cc4n(n3)[C@H](C(F)(F)F)C[C@H](c3ccc(Cl)c(Cl)c3)N4)c2C#N)C1. The number of carbonyl (C=O) groups is 1. The van der Waals surface area contributed by atoms with E-state index in [1.54, 1.807) is 6.07 Å². The smallest absolute Gasteiger partial charge is 0.363 e. The molecular formula is C24H20Cl2F3N5OS. The topological polar surface area (TPSA) is 82.7 Å². The molecule has 0 radical (unpaired) electrons. The molecule has 0 bridgehead atoms. The normalized spacial score (nSPS) is 21.2. The molecule has 1 amide bonds. The molecule has 0 saturated heterocycles. The molecule has 1 aromatic carbocycles. The van der Waals surface area contributed by atoms with E-state index in [0.29, 0.717) is 27.1 Å². The molecule has 0 unspecified atom stereocenters. The first-order chi connectivity index (χ1) is 17.0. The number of rotatable bonds is 3. The summed E-state index contributed by atoms with van der Waals surface area (Å²) in [7, 11) is 0. The van der Waals surface area contributed by atoms with Crippen molar-refractivity contribution in [1.82, 2.24) is 9.78 Å². The van der Waals surface area contributed by atoms with Crippen molar-refractivity contribution in [3.63, 3.8) is 0 Å². The molecule has 3 atom stereocenters. The lowest BCUT2D eigenvalue weighted by molar-refractivity contribution is -0.173. The highest BCUT2D eigenvalue weighted by atomic mass is 35.5. The number of hydrogen-bond donors (Lipinski definition) is 2. The number of benzene rings is 1. The summed E-state index contributed by atoms with van der Waals surface area (Å²) >= 11 is 13.4. The van der Waals surface area contributed by atoms with Crippen LogP contribution in [0.25, 0.3) is 0 Å². The van der Waals surface area contributed by atoms with Gasteiger partial charge in [0.25, 0.3) is 5.91 Å². The molecule has 3 heterocycles. The molecule has 3 aromatic rings. The van der Waals surface area contributed by atoms with E-state index in [4.69, 9.17) is 23.2 Å². The molecule has 0 spiro atoms. The van der Waals surface area contributed by atoms with E-state index in [2.05, 4.69) is 28.7 Å². The van der Waals surface area contributed by atoms with Crippen LogP contribution in [0.2, 0.25) is 10.0 Å². The Bertz CT molecular complexity index is 1390. The Hall–Kier alpha value is -2.74. The zero-order valence-corrected chi connectivity index (χ0v) is 21.2. The molecule has 6 nitrogen and oxygen atoms in total. The lowest BCUT2D eigenvalue weighted by Crippen LogP contribution is -2.35. The summed E-state index contributed by atoms with van der Waals surface area (Å²) in [5, 5.41) is 20.4. The number of carbonyl (C=O) groups excluding carboxylic acids is 1. The maximum atomic E-state index is 14.0. The summed E-state index contributed by atoms with van der Waals surface area (Å²) in [6.07, 6.45) is -2.38. The predicted molar refractivity (Wildman–Crippen MR) is 133 cm³/mol. The van der Waals surface area contributed by atoms with Gasteiger partial charge in [0.05, 0.1) is 21.7 Å². The Morgan fingerprint density at radius 3 is 2.78 bits per heavy atom. The van der Waals surface area contributed by atoms with Crippen LogP contribution in [0.1, 0.15) is 63.9 Å². The number of fused-ring (bicyclic) bond motifs is 2. The Labute approximate surface area is 219 Å². The van der Waals surface area contributed by atoms with Gasteiger partial charge in [-0.25, -0.2) is 4.68 Å². The largest absolute Gasteiger partial charge is 0.410 e. The Morgan fingerprint density at radius 1 is 1.31 bits per heavy atom. The number of nitrogens with one attached hydrogen (secondary N) is 2. The highest BCUT2D eigenvalue weighted by molar-refractivity contribution is 7.16. The number of anilines is 2. The summed E-state index contributed by atoms with van der Waals surface area (Å²) in [5.74, 6) is -0.126. The van der Waals surface area contributed by atoms with E-state index in [1.807, 2.05) is 0 Å². The van der Waals surface area contributed by atoms with Crippen LogP contribution in [-0.4, -0.2) is 21.9 Å². The molecule has 2 N–H and O–H groups in total. The van der Waals surface area contributed by atoms with Crippen molar-refractivity contribution in [2.24, 2.45) is 5.92 Å². The minimum absolute atomic E-state index is 0.0598. The van der Waals surface area contributed by atoms with Crippen molar-refractivity contribution in [2.45, 2.75) is 50.9 Å². The summed E-state index contributed by atoms with van der Waals surface area (Å²) in [6, 6.07) is 5.47. The second-order valence-corrected chi connectivity index (χ2v) is 11.1. The molecule has 1 aliphatic heterocycles. The zero-order valence-electron chi connectivity index (χ0n) is 18.9. The molecule has 0 fully saturated rings. The highest BCUT2D eigenvalue weighted by Crippen LogP contribution is 2.44. The molecule has 36 heavy (non-hydrogen) atoms. The number of nitrogens with zero attached hydrogens (tertiary/aromatic N) is 3. The first-order valence-corrected chi connectivity index (χ1v) is 12.9. The maximum Gasteiger partial charge on any atom is 0.410 e. The third kappa shape index (κ3) is 4.56. The highest BCUT2D eigenvalue weighted by Gasteiger charge is 2.47. The van der Waals surface area contributed by atoms with Crippen molar-refractivity contribution < 1.29 is 18.0 Å². The number of halogens is 5. The molecule has 188 valence electrons. The zero-order chi connectivity index (χ0) is 25.8. The van der Waals surface area contributed by atoms with Crippen molar-refractivity contribution in [3.8, 4) is 6.07 Å². The van der Waals surface area contributed by atoms with Gasteiger partial charge in [-0.05, 0) is 48.4 Å². The molecule has 12 heteroatoms. The number of hydrogen-bond acceptors (Lipinski definition) is 5. The minimum atomic E-state index is -4.59. The third-order valence-electron chi connectivity index (χ3n) is 6.62. The van der Waals surface area contributed by atoms with E-state index in [9.17, 15) is 23.2 Å². The van der Waals surface area contributed by atoms with Gasteiger partial charge in [-0.3, -0.25) is 4.79 Å². The van der Waals surface area contributed by atoms with Gasteiger partial charge in [0.1, 0.15) is 16.9 Å². The lowest BCUT2D eigenvalue weighted by atomic mass is 9.89. The Balaban J connectivity index is 1.45. The van der Waals surface area contributed by atoms with Gasteiger partial charge >= 0.3 is 6.18 Å². The van der Waals surface area contributed by atoms with Crippen molar-refractivity contribution >= 4 is 51.3 Å². The van der Waals surface area contributed by atoms with Crippen LogP contribution >= 0.6 is 34.5 Å². The second kappa shape index (κ2) is 9.29. The molecular weight excluding hydrogens is 534 g/mol. The van der Waals surface area contributed by atoms with E-state index >= 15 is 0 Å². The van der Waals surface area contributed by atoms with Crippen LogP contribution in [0.4, 0.5) is 24.0 Å². The molecule has 2 aliphatic rings. The number of thiophene rings is 1. The van der Waals surface area contributed by atoms with Crippen LogP contribution in [-0.2, 0) is 12.8 Å². The van der Waals surface area contributed by atoms with E-state index < -0.39 is 24.2 Å². The number of alkyl halides is 3. The molecule has 0 saturated carbocycles. The number of aromatic nitrogens is 2. The number of amides is 1. The van der Waals surface area contributed by atoms with Gasteiger partial charge in [-0.15, -0.1) is 11.3 Å². The fraction of sp³-hybridized carbons (Fsp3) is 0.375. The van der Waals surface area contributed by atoms with Crippen LogP contribution in [0.3, 0.4) is 0 Å². The van der Waals surface area contributed by atoms with Gasteiger partial charge in [0.15, 0.2) is 11.7 Å². The fourth-order valence-electron chi connectivity index (χ4n) is 4.76. The average molecular weight is 554 g/mol. The van der Waals surface area contributed by atoms with Crippen molar-refractivity contribution in [2.75, 3.05) is 10.6 Å². The van der Waals surface area contributed by atoms with Crippen LogP contribution in [0.5, 0.6) is 0 Å². The summed E-state index contributed by atoms with van der Waals surface area (Å²) in [4.78, 5) is 14.1. The molecule has 2 aromatic heterocycles. The second-order valence-electron chi connectivity index (χ2n) is 9.14. The quantitative estimate of drug-likeness (QED) is 0.360. The molecule has 1 aliphatic carbocycles. The van der Waals surface area contributed by atoms with Crippen LogP contribution < -0.4 is 10.6 Å². The fourth-order valence-corrected chi connectivity index (χ4v) is 6.42.